The third-order valence-corrected chi connectivity index (χ3v) is 6.82. The van der Waals surface area contributed by atoms with E-state index in [0.717, 1.165) is 36.0 Å². The van der Waals surface area contributed by atoms with Crippen molar-refractivity contribution in [3.63, 3.8) is 0 Å². The lowest BCUT2D eigenvalue weighted by Gasteiger charge is -2.56. The molecule has 0 spiro atoms. The van der Waals surface area contributed by atoms with Crippen LogP contribution in [-0.4, -0.2) is 6.04 Å². The van der Waals surface area contributed by atoms with E-state index in [2.05, 4.69) is 45.6 Å². The second-order valence-electron chi connectivity index (χ2n) is 7.62. The number of nitrogens with one attached hydrogen (secondary N) is 1. The van der Waals surface area contributed by atoms with Crippen LogP contribution in [0.2, 0.25) is 0 Å². The van der Waals surface area contributed by atoms with Gasteiger partial charge in [0.05, 0.1) is 0 Å². The van der Waals surface area contributed by atoms with Gasteiger partial charge in [-0.1, -0.05) is 28.1 Å². The van der Waals surface area contributed by atoms with E-state index < -0.39 is 0 Å². The number of hydrogen-bond donors (Lipinski definition) is 2. The van der Waals surface area contributed by atoms with Gasteiger partial charge in [-0.25, -0.2) is 0 Å². The molecular formula is C18H25BrN2. The van der Waals surface area contributed by atoms with Crippen LogP contribution in [0.3, 0.4) is 0 Å². The van der Waals surface area contributed by atoms with Gasteiger partial charge < -0.3 is 0 Å². The van der Waals surface area contributed by atoms with Crippen molar-refractivity contribution in [1.82, 2.24) is 5.43 Å². The summed E-state index contributed by atoms with van der Waals surface area (Å²) in [6.45, 7) is 0. The van der Waals surface area contributed by atoms with Gasteiger partial charge in [-0.15, -0.1) is 0 Å². The number of halogens is 1. The molecule has 4 aliphatic carbocycles. The fourth-order valence-corrected chi connectivity index (χ4v) is 6.29. The van der Waals surface area contributed by atoms with Gasteiger partial charge >= 0.3 is 0 Å². The maximum atomic E-state index is 5.98. The predicted octanol–water partition coefficient (Wildman–Crippen LogP) is 3.90. The Hall–Kier alpha value is -0.380. The zero-order valence-corrected chi connectivity index (χ0v) is 14.1. The van der Waals surface area contributed by atoms with Crippen molar-refractivity contribution in [3.8, 4) is 0 Å². The summed E-state index contributed by atoms with van der Waals surface area (Å²) in [6.07, 6.45) is 8.44. The van der Waals surface area contributed by atoms with Crippen molar-refractivity contribution in [3.05, 3.63) is 34.3 Å². The topological polar surface area (TPSA) is 38.0 Å². The SMILES string of the molecule is NNC(Cc1cccc(Br)c1)C1C2CC3CC(C2)CC1C3. The molecule has 0 radical (unpaired) electrons. The molecule has 0 saturated heterocycles. The molecule has 3 N–H and O–H groups in total. The summed E-state index contributed by atoms with van der Waals surface area (Å²) in [7, 11) is 0. The largest absolute Gasteiger partial charge is 0.271 e. The summed E-state index contributed by atoms with van der Waals surface area (Å²) in [5.74, 6) is 10.7. The number of benzene rings is 1. The van der Waals surface area contributed by atoms with E-state index in [1.807, 2.05) is 0 Å². The number of nitrogens with two attached hydrogens (primary N) is 1. The first-order chi connectivity index (χ1) is 10.2. The molecule has 114 valence electrons. The van der Waals surface area contributed by atoms with Crippen LogP contribution in [0.5, 0.6) is 0 Å². The summed E-state index contributed by atoms with van der Waals surface area (Å²) in [6, 6.07) is 9.13. The van der Waals surface area contributed by atoms with Crippen LogP contribution >= 0.6 is 15.9 Å². The van der Waals surface area contributed by atoms with Crippen LogP contribution < -0.4 is 11.3 Å². The van der Waals surface area contributed by atoms with E-state index >= 15 is 0 Å². The van der Waals surface area contributed by atoms with Crippen molar-refractivity contribution < 1.29 is 0 Å². The van der Waals surface area contributed by atoms with Crippen molar-refractivity contribution in [2.45, 2.75) is 44.6 Å². The molecule has 2 nitrogen and oxygen atoms in total. The van der Waals surface area contributed by atoms with Crippen molar-refractivity contribution in [2.24, 2.45) is 35.4 Å². The molecule has 1 aromatic carbocycles. The van der Waals surface area contributed by atoms with Gasteiger partial charge in [0.2, 0.25) is 0 Å². The smallest absolute Gasteiger partial charge is 0.0284 e. The molecule has 3 heteroatoms. The zero-order chi connectivity index (χ0) is 14.4. The lowest BCUT2D eigenvalue weighted by Crippen LogP contribution is -2.55. The molecule has 1 atom stereocenters. The Morgan fingerprint density at radius 3 is 2.33 bits per heavy atom. The Morgan fingerprint density at radius 2 is 1.76 bits per heavy atom. The standard InChI is InChI=1S/C18H25BrN2/c19-16-3-1-2-11(9-16)10-17(21-20)18-14-5-12-4-13(7-14)8-15(18)6-12/h1-3,9,12-15,17-18,21H,4-8,10,20H2. The lowest BCUT2D eigenvalue weighted by atomic mass is 9.50. The maximum Gasteiger partial charge on any atom is 0.0284 e. The molecule has 1 aromatic rings. The minimum absolute atomic E-state index is 0.439. The van der Waals surface area contributed by atoms with Gasteiger partial charge in [0.1, 0.15) is 0 Å². The first-order valence-electron chi connectivity index (χ1n) is 8.43. The maximum absolute atomic E-state index is 5.98. The highest BCUT2D eigenvalue weighted by Crippen LogP contribution is 2.57. The van der Waals surface area contributed by atoms with Crippen LogP contribution in [-0.2, 0) is 6.42 Å². The van der Waals surface area contributed by atoms with E-state index in [1.165, 1.54) is 42.1 Å². The van der Waals surface area contributed by atoms with Crippen LogP contribution in [0.4, 0.5) is 0 Å². The highest BCUT2D eigenvalue weighted by atomic mass is 79.9. The molecule has 21 heavy (non-hydrogen) atoms. The Bertz CT molecular complexity index is 488. The average Bonchev–Trinajstić information content (AvgIpc) is 2.45. The monoisotopic (exact) mass is 348 g/mol. The van der Waals surface area contributed by atoms with Gasteiger partial charge in [0, 0.05) is 10.5 Å². The Balaban J connectivity index is 1.53. The molecule has 0 aromatic heterocycles. The zero-order valence-electron chi connectivity index (χ0n) is 12.5. The Labute approximate surface area is 136 Å². The van der Waals surface area contributed by atoms with Crippen molar-refractivity contribution in [1.29, 1.82) is 0 Å². The van der Waals surface area contributed by atoms with Crippen LogP contribution in [0, 0.1) is 29.6 Å². The van der Waals surface area contributed by atoms with E-state index in [9.17, 15) is 0 Å². The molecule has 0 aliphatic heterocycles. The summed E-state index contributed by atoms with van der Waals surface area (Å²) in [5.41, 5.74) is 4.57. The quantitative estimate of drug-likeness (QED) is 0.639. The van der Waals surface area contributed by atoms with Crippen LogP contribution in [0.25, 0.3) is 0 Å². The second kappa shape index (κ2) is 5.68. The fourth-order valence-electron chi connectivity index (χ4n) is 5.85. The van der Waals surface area contributed by atoms with Crippen molar-refractivity contribution in [2.75, 3.05) is 0 Å². The Morgan fingerprint density at radius 1 is 1.10 bits per heavy atom. The minimum atomic E-state index is 0.439. The first kappa shape index (κ1) is 14.2. The molecule has 4 aliphatic rings. The molecule has 0 amide bonds. The van der Waals surface area contributed by atoms with Crippen molar-refractivity contribution >= 4 is 15.9 Å². The first-order valence-corrected chi connectivity index (χ1v) is 9.22. The van der Waals surface area contributed by atoms with E-state index in [-0.39, 0.29) is 0 Å². The van der Waals surface area contributed by atoms with Crippen LogP contribution in [0.15, 0.2) is 28.7 Å². The van der Waals surface area contributed by atoms with Gasteiger partial charge in [-0.05, 0) is 85.8 Å². The number of rotatable bonds is 4. The average molecular weight is 349 g/mol. The lowest BCUT2D eigenvalue weighted by molar-refractivity contribution is -0.0517. The van der Waals surface area contributed by atoms with Gasteiger partial charge in [0.25, 0.3) is 0 Å². The van der Waals surface area contributed by atoms with Gasteiger partial charge in [-0.2, -0.15) is 0 Å². The highest BCUT2D eigenvalue weighted by molar-refractivity contribution is 9.10. The third kappa shape index (κ3) is 2.69. The number of hydrogen-bond acceptors (Lipinski definition) is 2. The summed E-state index contributed by atoms with van der Waals surface area (Å²) < 4.78 is 1.17. The third-order valence-electron chi connectivity index (χ3n) is 6.32. The molecule has 0 heterocycles. The molecule has 1 unspecified atom stereocenters. The second-order valence-corrected chi connectivity index (χ2v) is 8.53. The highest BCUT2D eigenvalue weighted by Gasteiger charge is 2.50. The molecule has 5 rings (SSSR count). The van der Waals surface area contributed by atoms with Gasteiger partial charge in [-0.3, -0.25) is 11.3 Å². The molecule has 4 bridgehead atoms. The summed E-state index contributed by atoms with van der Waals surface area (Å²) in [5, 5.41) is 0. The molecule has 4 saturated carbocycles. The van der Waals surface area contributed by atoms with Crippen LogP contribution in [0.1, 0.15) is 37.7 Å². The molecular weight excluding hydrogens is 324 g/mol. The molecule has 4 fully saturated rings. The summed E-state index contributed by atoms with van der Waals surface area (Å²) >= 11 is 3.58. The fraction of sp³-hybridized carbons (Fsp3) is 0.667. The van der Waals surface area contributed by atoms with Gasteiger partial charge in [0.15, 0.2) is 0 Å². The Kier molecular flexibility index (Phi) is 3.85. The normalized spacial score (nSPS) is 38.7. The predicted molar refractivity (Wildman–Crippen MR) is 89.5 cm³/mol. The van der Waals surface area contributed by atoms with E-state index in [1.54, 1.807) is 0 Å². The van der Waals surface area contributed by atoms with E-state index in [4.69, 9.17) is 5.84 Å². The van der Waals surface area contributed by atoms with E-state index in [0.29, 0.717) is 6.04 Å². The summed E-state index contributed by atoms with van der Waals surface area (Å²) in [4.78, 5) is 0. The minimum Gasteiger partial charge on any atom is -0.271 e. The number of hydrazine groups is 1.